The largest absolute Gasteiger partial charge is 0.492 e. The summed E-state index contributed by atoms with van der Waals surface area (Å²) in [5.74, 6) is 1.42. The fraction of sp³-hybridized carbons (Fsp3) is 0.647. The molecule has 120 valence electrons. The zero-order valence-electron chi connectivity index (χ0n) is 13.2. The van der Waals surface area contributed by atoms with Crippen molar-refractivity contribution in [3.8, 4) is 5.75 Å². The Bertz CT molecular complexity index is 442. The topological polar surface area (TPSA) is 21.3 Å². The third-order valence-electron chi connectivity index (χ3n) is 4.47. The van der Waals surface area contributed by atoms with Crippen LogP contribution < -0.4 is 10.1 Å². The first kappa shape index (κ1) is 18.6. The van der Waals surface area contributed by atoms with Crippen LogP contribution in [-0.4, -0.2) is 19.7 Å². The van der Waals surface area contributed by atoms with Gasteiger partial charge in [0.05, 0.1) is 11.6 Å². The maximum Gasteiger partial charge on any atom is 0.137 e. The van der Waals surface area contributed by atoms with Crippen molar-refractivity contribution in [3.63, 3.8) is 0 Å². The fourth-order valence-corrected chi connectivity index (χ4v) is 2.75. The Morgan fingerprint density at radius 2 is 2.14 bits per heavy atom. The van der Waals surface area contributed by atoms with Crippen LogP contribution in [-0.2, 0) is 5.41 Å². The summed E-state index contributed by atoms with van der Waals surface area (Å²) in [6.45, 7) is 9.63. The molecular formula is C17H27Cl2NO. The highest BCUT2D eigenvalue weighted by atomic mass is 35.5. The Balaban J connectivity index is 0.00000220. The molecule has 1 saturated heterocycles. The van der Waals surface area contributed by atoms with Gasteiger partial charge in [-0.15, -0.1) is 12.4 Å². The molecule has 2 nitrogen and oxygen atoms in total. The Morgan fingerprint density at radius 1 is 1.38 bits per heavy atom. The third kappa shape index (κ3) is 5.05. The van der Waals surface area contributed by atoms with Gasteiger partial charge in [0.15, 0.2) is 0 Å². The second-order valence-electron chi connectivity index (χ2n) is 6.41. The SMILES string of the molecule is CCC(C)(C)c1ccc(OCC2CCCNC2)c(Cl)c1.Cl. The number of rotatable bonds is 5. The van der Waals surface area contributed by atoms with Gasteiger partial charge in [-0.2, -0.15) is 0 Å². The molecule has 1 aromatic carbocycles. The highest BCUT2D eigenvalue weighted by Gasteiger charge is 2.20. The van der Waals surface area contributed by atoms with E-state index in [1.165, 1.54) is 18.4 Å². The molecule has 0 radical (unpaired) electrons. The van der Waals surface area contributed by atoms with Gasteiger partial charge in [0, 0.05) is 12.5 Å². The van der Waals surface area contributed by atoms with Crippen LogP contribution in [0.2, 0.25) is 5.02 Å². The number of benzene rings is 1. The standard InChI is InChI=1S/C17H26ClNO.ClH/c1-4-17(2,3)14-7-8-16(15(18)10-14)20-12-13-6-5-9-19-11-13;/h7-8,10,13,19H,4-6,9,11-12H2,1-3H3;1H. The molecule has 0 aliphatic carbocycles. The zero-order valence-corrected chi connectivity index (χ0v) is 14.8. The van der Waals surface area contributed by atoms with Gasteiger partial charge in [0.25, 0.3) is 0 Å². The summed E-state index contributed by atoms with van der Waals surface area (Å²) in [5.41, 5.74) is 1.44. The number of nitrogens with one attached hydrogen (secondary N) is 1. The van der Waals surface area contributed by atoms with E-state index in [1.54, 1.807) is 0 Å². The maximum atomic E-state index is 6.37. The summed E-state index contributed by atoms with van der Waals surface area (Å²) >= 11 is 6.37. The Labute approximate surface area is 140 Å². The lowest BCUT2D eigenvalue weighted by Crippen LogP contribution is -2.33. The van der Waals surface area contributed by atoms with Crippen LogP contribution in [0.25, 0.3) is 0 Å². The minimum Gasteiger partial charge on any atom is -0.492 e. The van der Waals surface area contributed by atoms with Crippen molar-refractivity contribution in [1.82, 2.24) is 5.32 Å². The summed E-state index contributed by atoms with van der Waals surface area (Å²) in [7, 11) is 0. The lowest BCUT2D eigenvalue weighted by atomic mass is 9.82. The molecule has 4 heteroatoms. The van der Waals surface area contributed by atoms with Crippen LogP contribution in [0, 0.1) is 5.92 Å². The van der Waals surface area contributed by atoms with E-state index in [4.69, 9.17) is 16.3 Å². The quantitative estimate of drug-likeness (QED) is 0.834. The minimum atomic E-state index is 0. The number of piperidine rings is 1. The maximum absolute atomic E-state index is 6.37. The average Bonchev–Trinajstić information content (AvgIpc) is 2.47. The molecule has 21 heavy (non-hydrogen) atoms. The van der Waals surface area contributed by atoms with Crippen molar-refractivity contribution in [2.45, 2.75) is 45.4 Å². The summed E-state index contributed by atoms with van der Waals surface area (Å²) in [4.78, 5) is 0. The third-order valence-corrected chi connectivity index (χ3v) is 4.77. The van der Waals surface area contributed by atoms with E-state index in [-0.39, 0.29) is 17.8 Å². The van der Waals surface area contributed by atoms with E-state index < -0.39 is 0 Å². The van der Waals surface area contributed by atoms with Crippen molar-refractivity contribution in [1.29, 1.82) is 0 Å². The molecule has 0 spiro atoms. The van der Waals surface area contributed by atoms with Crippen LogP contribution in [0.3, 0.4) is 0 Å². The molecule has 0 bridgehead atoms. The van der Waals surface area contributed by atoms with Gasteiger partial charge in [-0.3, -0.25) is 0 Å². The van der Waals surface area contributed by atoms with Gasteiger partial charge in [0.2, 0.25) is 0 Å². The van der Waals surface area contributed by atoms with Crippen LogP contribution >= 0.6 is 24.0 Å². The summed E-state index contributed by atoms with van der Waals surface area (Å²) in [6.07, 6.45) is 3.58. The Kier molecular flexibility index (Phi) is 7.32. The molecule has 1 aliphatic heterocycles. The first-order chi connectivity index (χ1) is 9.53. The first-order valence-electron chi connectivity index (χ1n) is 7.66. The normalized spacial score (nSPS) is 19.0. The van der Waals surface area contributed by atoms with Crippen molar-refractivity contribution < 1.29 is 4.74 Å². The lowest BCUT2D eigenvalue weighted by molar-refractivity contribution is 0.218. The number of ether oxygens (including phenoxy) is 1. The molecule has 1 aromatic rings. The van der Waals surface area contributed by atoms with Crippen LogP contribution in [0.4, 0.5) is 0 Å². The molecular weight excluding hydrogens is 305 g/mol. The van der Waals surface area contributed by atoms with Gasteiger partial charge < -0.3 is 10.1 Å². The lowest BCUT2D eigenvalue weighted by Gasteiger charge is -2.25. The van der Waals surface area contributed by atoms with E-state index in [2.05, 4.69) is 38.2 Å². The fourth-order valence-electron chi connectivity index (χ4n) is 2.52. The second kappa shape index (κ2) is 8.26. The Hall–Kier alpha value is -0.440. The molecule has 1 aliphatic rings. The van der Waals surface area contributed by atoms with Gasteiger partial charge >= 0.3 is 0 Å². The van der Waals surface area contributed by atoms with E-state index in [1.807, 2.05) is 6.07 Å². The first-order valence-corrected chi connectivity index (χ1v) is 8.04. The van der Waals surface area contributed by atoms with Crippen LogP contribution in [0.15, 0.2) is 18.2 Å². The number of hydrogen-bond donors (Lipinski definition) is 1. The van der Waals surface area contributed by atoms with Crippen LogP contribution in [0.5, 0.6) is 5.75 Å². The Morgan fingerprint density at radius 3 is 2.71 bits per heavy atom. The molecule has 1 N–H and O–H groups in total. The second-order valence-corrected chi connectivity index (χ2v) is 6.81. The summed E-state index contributed by atoms with van der Waals surface area (Å²) in [6, 6.07) is 6.22. The van der Waals surface area contributed by atoms with Crippen molar-refractivity contribution in [2.75, 3.05) is 19.7 Å². The molecule has 0 saturated carbocycles. The van der Waals surface area contributed by atoms with E-state index >= 15 is 0 Å². The van der Waals surface area contributed by atoms with E-state index in [9.17, 15) is 0 Å². The highest BCUT2D eigenvalue weighted by Crippen LogP contribution is 2.33. The van der Waals surface area contributed by atoms with E-state index in [0.717, 1.165) is 36.9 Å². The van der Waals surface area contributed by atoms with Crippen molar-refractivity contribution >= 4 is 24.0 Å². The number of hydrogen-bond acceptors (Lipinski definition) is 2. The van der Waals surface area contributed by atoms with Gasteiger partial charge in [-0.25, -0.2) is 0 Å². The molecule has 0 amide bonds. The molecule has 0 aromatic heterocycles. The van der Waals surface area contributed by atoms with E-state index in [0.29, 0.717) is 5.92 Å². The zero-order chi connectivity index (χ0) is 14.6. The molecule has 1 atom stereocenters. The van der Waals surface area contributed by atoms with Gasteiger partial charge in [0.1, 0.15) is 5.75 Å². The van der Waals surface area contributed by atoms with Crippen molar-refractivity contribution in [2.24, 2.45) is 5.92 Å². The monoisotopic (exact) mass is 331 g/mol. The molecule has 1 fully saturated rings. The smallest absolute Gasteiger partial charge is 0.137 e. The van der Waals surface area contributed by atoms with Gasteiger partial charge in [-0.1, -0.05) is 38.4 Å². The summed E-state index contributed by atoms with van der Waals surface area (Å²) < 4.78 is 5.91. The summed E-state index contributed by atoms with van der Waals surface area (Å²) in [5, 5.41) is 4.14. The highest BCUT2D eigenvalue weighted by molar-refractivity contribution is 6.32. The van der Waals surface area contributed by atoms with Crippen molar-refractivity contribution in [3.05, 3.63) is 28.8 Å². The minimum absolute atomic E-state index is 0. The molecule has 2 rings (SSSR count). The molecule has 1 heterocycles. The predicted octanol–water partition coefficient (Wildman–Crippen LogP) is 4.83. The average molecular weight is 332 g/mol. The number of halogens is 2. The predicted molar refractivity (Wildman–Crippen MR) is 93.1 cm³/mol. The van der Waals surface area contributed by atoms with Gasteiger partial charge in [-0.05, 0) is 48.9 Å². The van der Waals surface area contributed by atoms with Crippen LogP contribution in [0.1, 0.15) is 45.6 Å². The molecule has 1 unspecified atom stereocenters.